The Morgan fingerprint density at radius 1 is 1.43 bits per heavy atom. The van der Waals surface area contributed by atoms with Gasteiger partial charge in [0.1, 0.15) is 0 Å². The number of nitrogens with two attached hydrogens (primary N) is 1. The minimum Gasteiger partial charge on any atom is -0.321 e. The average molecular weight is 230 g/mol. The molecule has 1 aliphatic carbocycles. The van der Waals surface area contributed by atoms with Crippen molar-refractivity contribution in [2.45, 2.75) is 25.3 Å². The maximum atomic E-state index is 6.29. The Bertz CT molecular complexity index is 364. The number of benzene rings is 1. The molecule has 76 valence electrons. The highest BCUT2D eigenvalue weighted by Gasteiger charge is 2.42. The molecule has 2 rings (SSSR count). The van der Waals surface area contributed by atoms with E-state index in [0.29, 0.717) is 16.0 Å². The Morgan fingerprint density at radius 3 is 2.57 bits per heavy atom. The van der Waals surface area contributed by atoms with Gasteiger partial charge in [-0.25, -0.2) is 0 Å². The summed E-state index contributed by atoms with van der Waals surface area (Å²) in [6, 6.07) is 5.56. The zero-order chi connectivity index (χ0) is 10.3. The van der Waals surface area contributed by atoms with E-state index in [1.54, 1.807) is 6.07 Å². The quantitative estimate of drug-likeness (QED) is 0.783. The first-order chi connectivity index (χ1) is 6.54. The first kappa shape index (κ1) is 10.3. The van der Waals surface area contributed by atoms with Crippen LogP contribution in [0, 0.1) is 5.92 Å². The van der Waals surface area contributed by atoms with Crippen LogP contribution < -0.4 is 5.73 Å². The average Bonchev–Trinajstić information content (AvgIpc) is 2.14. The van der Waals surface area contributed by atoms with E-state index in [-0.39, 0.29) is 5.54 Å². The van der Waals surface area contributed by atoms with Crippen LogP contribution in [0.25, 0.3) is 0 Å². The van der Waals surface area contributed by atoms with E-state index >= 15 is 0 Å². The fraction of sp³-hybridized carbons (Fsp3) is 0.455. The smallest absolute Gasteiger partial charge is 0.0471 e. The molecule has 0 bridgehead atoms. The fourth-order valence-corrected chi connectivity index (χ4v) is 2.60. The van der Waals surface area contributed by atoms with Crippen molar-refractivity contribution >= 4 is 23.2 Å². The summed E-state index contributed by atoms with van der Waals surface area (Å²) in [6.07, 6.45) is 2.19. The summed E-state index contributed by atoms with van der Waals surface area (Å²) < 4.78 is 0. The molecule has 3 heteroatoms. The highest BCUT2D eigenvalue weighted by atomic mass is 35.5. The zero-order valence-corrected chi connectivity index (χ0v) is 9.57. The number of hydrogen-bond donors (Lipinski definition) is 1. The Hall–Kier alpha value is -0.240. The van der Waals surface area contributed by atoms with Gasteiger partial charge in [0, 0.05) is 15.6 Å². The van der Waals surface area contributed by atoms with Crippen LogP contribution >= 0.6 is 23.2 Å². The molecule has 1 aromatic rings. The monoisotopic (exact) mass is 229 g/mol. The molecule has 0 heterocycles. The molecule has 2 atom stereocenters. The highest BCUT2D eigenvalue weighted by molar-refractivity contribution is 6.35. The molecule has 0 spiro atoms. The third-order valence-corrected chi connectivity index (χ3v) is 3.85. The Labute approximate surface area is 94.2 Å². The van der Waals surface area contributed by atoms with Crippen molar-refractivity contribution in [3.8, 4) is 0 Å². The molecule has 1 saturated carbocycles. The van der Waals surface area contributed by atoms with Gasteiger partial charge in [0.05, 0.1) is 0 Å². The molecule has 0 radical (unpaired) electrons. The van der Waals surface area contributed by atoms with Crippen LogP contribution in [0.2, 0.25) is 10.0 Å². The second kappa shape index (κ2) is 3.41. The Morgan fingerprint density at radius 2 is 2.14 bits per heavy atom. The van der Waals surface area contributed by atoms with Crippen molar-refractivity contribution < 1.29 is 0 Å². The summed E-state index contributed by atoms with van der Waals surface area (Å²) in [4.78, 5) is 0. The van der Waals surface area contributed by atoms with Gasteiger partial charge in [0.25, 0.3) is 0 Å². The van der Waals surface area contributed by atoms with Crippen LogP contribution in [0.5, 0.6) is 0 Å². The van der Waals surface area contributed by atoms with Gasteiger partial charge in [-0.2, -0.15) is 0 Å². The van der Waals surface area contributed by atoms with Crippen molar-refractivity contribution in [1.29, 1.82) is 0 Å². The molecule has 1 aliphatic rings. The summed E-state index contributed by atoms with van der Waals surface area (Å²) in [6.45, 7) is 2.16. The number of hydrogen-bond acceptors (Lipinski definition) is 1. The van der Waals surface area contributed by atoms with E-state index < -0.39 is 0 Å². The normalized spacial score (nSPS) is 31.3. The number of rotatable bonds is 1. The lowest BCUT2D eigenvalue weighted by Gasteiger charge is -2.46. The zero-order valence-electron chi connectivity index (χ0n) is 8.06. The topological polar surface area (TPSA) is 26.0 Å². The molecule has 2 unspecified atom stereocenters. The number of halogens is 2. The van der Waals surface area contributed by atoms with Gasteiger partial charge in [-0.15, -0.1) is 0 Å². The first-order valence-electron chi connectivity index (χ1n) is 4.78. The molecule has 2 N–H and O–H groups in total. The van der Waals surface area contributed by atoms with Crippen molar-refractivity contribution in [1.82, 2.24) is 0 Å². The summed E-state index contributed by atoms with van der Waals surface area (Å²) in [7, 11) is 0. The molecular formula is C11H13Cl2N. The van der Waals surface area contributed by atoms with Gasteiger partial charge < -0.3 is 5.73 Å². The molecular weight excluding hydrogens is 217 g/mol. The van der Waals surface area contributed by atoms with Crippen molar-refractivity contribution in [2.75, 3.05) is 0 Å². The van der Waals surface area contributed by atoms with Gasteiger partial charge in [-0.05, 0) is 36.5 Å². The van der Waals surface area contributed by atoms with Crippen molar-refractivity contribution in [3.05, 3.63) is 33.8 Å². The molecule has 0 saturated heterocycles. The maximum Gasteiger partial charge on any atom is 0.0471 e. The molecule has 0 amide bonds. The minimum atomic E-state index is -0.234. The van der Waals surface area contributed by atoms with Crippen molar-refractivity contribution in [2.24, 2.45) is 11.7 Å². The van der Waals surface area contributed by atoms with Crippen LogP contribution in [-0.4, -0.2) is 0 Å². The van der Waals surface area contributed by atoms with E-state index in [2.05, 4.69) is 6.92 Å². The molecule has 0 aromatic heterocycles. The largest absolute Gasteiger partial charge is 0.321 e. The Kier molecular flexibility index (Phi) is 2.50. The van der Waals surface area contributed by atoms with Gasteiger partial charge >= 0.3 is 0 Å². The van der Waals surface area contributed by atoms with E-state index in [1.807, 2.05) is 12.1 Å². The van der Waals surface area contributed by atoms with Crippen molar-refractivity contribution in [3.63, 3.8) is 0 Å². The fourth-order valence-electron chi connectivity index (χ4n) is 2.01. The molecule has 0 aliphatic heterocycles. The minimum absolute atomic E-state index is 0.234. The second-order valence-electron chi connectivity index (χ2n) is 4.10. The van der Waals surface area contributed by atoms with Gasteiger partial charge in [-0.3, -0.25) is 0 Å². The van der Waals surface area contributed by atoms with Crippen LogP contribution in [0.3, 0.4) is 0 Å². The Balaban J connectivity index is 2.41. The lowest BCUT2D eigenvalue weighted by molar-refractivity contribution is 0.145. The standard InChI is InChI=1S/C11H13Cl2N/c1-7-4-5-11(7,14)9-3-2-8(12)6-10(9)13/h2-3,6-7H,4-5,14H2,1H3. The van der Waals surface area contributed by atoms with E-state index in [1.165, 1.54) is 6.42 Å². The lowest BCUT2D eigenvalue weighted by atomic mass is 9.64. The van der Waals surface area contributed by atoms with Crippen LogP contribution in [0.15, 0.2) is 18.2 Å². The first-order valence-corrected chi connectivity index (χ1v) is 5.54. The third kappa shape index (κ3) is 1.44. The van der Waals surface area contributed by atoms with Gasteiger partial charge in [0.2, 0.25) is 0 Å². The summed E-state index contributed by atoms with van der Waals surface area (Å²) >= 11 is 12.0. The van der Waals surface area contributed by atoms with E-state index in [4.69, 9.17) is 28.9 Å². The predicted molar refractivity (Wildman–Crippen MR) is 60.7 cm³/mol. The van der Waals surface area contributed by atoms with Gasteiger partial charge in [-0.1, -0.05) is 36.2 Å². The van der Waals surface area contributed by atoms with E-state index in [0.717, 1.165) is 12.0 Å². The molecule has 1 fully saturated rings. The second-order valence-corrected chi connectivity index (χ2v) is 4.95. The highest BCUT2D eigenvalue weighted by Crippen LogP contribution is 2.46. The van der Waals surface area contributed by atoms with E-state index in [9.17, 15) is 0 Å². The summed E-state index contributed by atoms with van der Waals surface area (Å²) in [5, 5.41) is 1.35. The summed E-state index contributed by atoms with van der Waals surface area (Å²) in [5.74, 6) is 0.501. The summed E-state index contributed by atoms with van der Waals surface area (Å²) in [5.41, 5.74) is 7.09. The van der Waals surface area contributed by atoms with Gasteiger partial charge in [0.15, 0.2) is 0 Å². The maximum absolute atomic E-state index is 6.29. The van der Waals surface area contributed by atoms with Crippen LogP contribution in [0.4, 0.5) is 0 Å². The van der Waals surface area contributed by atoms with Crippen LogP contribution in [-0.2, 0) is 5.54 Å². The van der Waals surface area contributed by atoms with Crippen LogP contribution in [0.1, 0.15) is 25.3 Å². The molecule has 14 heavy (non-hydrogen) atoms. The molecule has 1 nitrogen and oxygen atoms in total. The molecule has 1 aromatic carbocycles. The SMILES string of the molecule is CC1CCC1(N)c1ccc(Cl)cc1Cl. The predicted octanol–water partition coefficient (Wildman–Crippen LogP) is 3.58. The third-order valence-electron chi connectivity index (χ3n) is 3.30. The lowest BCUT2D eigenvalue weighted by Crippen LogP contribution is -2.50.